The van der Waals surface area contributed by atoms with Gasteiger partial charge in [0.15, 0.2) is 5.82 Å². The fraction of sp³-hybridized carbons (Fsp3) is 0.556. The highest BCUT2D eigenvalue weighted by Gasteiger charge is 2.33. The van der Waals surface area contributed by atoms with Crippen molar-refractivity contribution >= 4 is 11.8 Å². The molecule has 0 radical (unpaired) electrons. The number of carbonyl (C=O) groups is 1. The van der Waals surface area contributed by atoms with E-state index < -0.39 is 0 Å². The second-order valence-electron chi connectivity index (χ2n) is 7.68. The molecule has 0 bridgehead atoms. The van der Waals surface area contributed by atoms with Crippen molar-refractivity contribution in [1.82, 2.24) is 25.3 Å². The number of nitrogens with zero attached hydrogens (tertiary/aromatic N) is 4. The maximum atomic E-state index is 12.7. The molecule has 2 amide bonds. The second-order valence-corrected chi connectivity index (χ2v) is 7.68. The third-order valence-corrected chi connectivity index (χ3v) is 4.70. The molecule has 0 aromatic carbocycles. The average molecular weight is 342 g/mol. The first-order chi connectivity index (χ1) is 11.8. The number of hydrogen-bond acceptors (Lipinski definition) is 4. The lowest BCUT2D eigenvalue weighted by Crippen LogP contribution is -2.35. The van der Waals surface area contributed by atoms with Gasteiger partial charge in [-0.1, -0.05) is 20.8 Å². The Kier molecular flexibility index (Phi) is 4.49. The summed E-state index contributed by atoms with van der Waals surface area (Å²) in [5, 5.41) is 18.5. The molecule has 0 spiro atoms. The number of rotatable bonds is 2. The number of nitrogens with one attached hydrogen (secondary N) is 2. The third kappa shape index (κ3) is 3.50. The van der Waals surface area contributed by atoms with Crippen molar-refractivity contribution in [1.29, 1.82) is 0 Å². The minimum absolute atomic E-state index is 0.0561. The Morgan fingerprint density at radius 2 is 2.04 bits per heavy atom. The van der Waals surface area contributed by atoms with E-state index in [9.17, 15) is 4.79 Å². The van der Waals surface area contributed by atoms with Crippen LogP contribution >= 0.6 is 0 Å². The van der Waals surface area contributed by atoms with Gasteiger partial charge in [-0.15, -0.1) is 5.10 Å². The van der Waals surface area contributed by atoms with Crippen LogP contribution in [0.25, 0.3) is 0 Å². The Morgan fingerprint density at radius 1 is 1.28 bits per heavy atom. The lowest BCUT2D eigenvalue weighted by Gasteiger charge is -2.25. The summed E-state index contributed by atoms with van der Waals surface area (Å²) in [5.41, 5.74) is 3.94. The first-order valence-electron chi connectivity index (χ1n) is 8.70. The third-order valence-electron chi connectivity index (χ3n) is 4.70. The van der Waals surface area contributed by atoms with Crippen LogP contribution in [-0.2, 0) is 5.41 Å². The van der Waals surface area contributed by atoms with E-state index in [0.29, 0.717) is 5.82 Å². The van der Waals surface area contributed by atoms with Gasteiger partial charge < -0.3 is 4.90 Å². The van der Waals surface area contributed by atoms with Gasteiger partial charge in [0.1, 0.15) is 0 Å². The molecule has 1 aliphatic heterocycles. The van der Waals surface area contributed by atoms with Crippen LogP contribution < -0.4 is 5.32 Å². The van der Waals surface area contributed by atoms with Crippen molar-refractivity contribution in [3.05, 3.63) is 34.8 Å². The second kappa shape index (κ2) is 6.46. The van der Waals surface area contributed by atoms with Crippen LogP contribution in [0, 0.1) is 13.8 Å². The van der Waals surface area contributed by atoms with Crippen LogP contribution in [-0.4, -0.2) is 37.9 Å². The van der Waals surface area contributed by atoms with E-state index in [1.807, 2.05) is 30.9 Å². The minimum atomic E-state index is -0.139. The maximum Gasteiger partial charge on any atom is 0.323 e. The Morgan fingerprint density at radius 3 is 2.60 bits per heavy atom. The van der Waals surface area contributed by atoms with Crippen molar-refractivity contribution in [2.24, 2.45) is 0 Å². The van der Waals surface area contributed by atoms with Crippen LogP contribution in [0.4, 0.5) is 10.6 Å². The number of urea groups is 1. The van der Waals surface area contributed by atoms with E-state index in [1.54, 1.807) is 0 Å². The lowest BCUT2D eigenvalue weighted by atomic mass is 9.92. The number of carbonyl (C=O) groups excluding carboxylic acids is 1. The van der Waals surface area contributed by atoms with Gasteiger partial charge in [0.25, 0.3) is 0 Å². The predicted molar refractivity (Wildman–Crippen MR) is 96.5 cm³/mol. The van der Waals surface area contributed by atoms with Crippen molar-refractivity contribution < 1.29 is 4.79 Å². The molecule has 1 saturated heterocycles. The van der Waals surface area contributed by atoms with Crippen LogP contribution in [0.2, 0.25) is 0 Å². The summed E-state index contributed by atoms with van der Waals surface area (Å²) in [5.74, 6) is 0.476. The summed E-state index contributed by atoms with van der Waals surface area (Å²) in [7, 11) is 0. The van der Waals surface area contributed by atoms with Gasteiger partial charge in [-0.3, -0.25) is 10.4 Å². The molecule has 0 saturated carbocycles. The molecule has 1 unspecified atom stereocenters. The Hall–Kier alpha value is -2.44. The summed E-state index contributed by atoms with van der Waals surface area (Å²) < 4.78 is 0. The normalized spacial score (nSPS) is 17.8. The van der Waals surface area contributed by atoms with Crippen molar-refractivity contribution in [3.63, 3.8) is 0 Å². The quantitative estimate of drug-likeness (QED) is 0.874. The van der Waals surface area contributed by atoms with Crippen molar-refractivity contribution in [3.8, 4) is 0 Å². The fourth-order valence-electron chi connectivity index (χ4n) is 3.34. The number of anilines is 1. The van der Waals surface area contributed by atoms with E-state index >= 15 is 0 Å². The van der Waals surface area contributed by atoms with Gasteiger partial charge >= 0.3 is 6.03 Å². The Labute approximate surface area is 148 Å². The highest BCUT2D eigenvalue weighted by molar-refractivity contribution is 5.88. The number of aryl methyl sites for hydroxylation is 2. The molecule has 134 valence electrons. The SMILES string of the molecule is Cc1n[nH]c(C)c1C1CCCN1C(=O)Nc1ccc(C(C)(C)C)nn1. The van der Waals surface area contributed by atoms with E-state index in [-0.39, 0.29) is 17.5 Å². The summed E-state index contributed by atoms with van der Waals surface area (Å²) in [6, 6.07) is 3.64. The number of aromatic amines is 1. The molecule has 1 atom stereocenters. The molecule has 7 heteroatoms. The van der Waals surface area contributed by atoms with Gasteiger partial charge in [0, 0.05) is 23.2 Å². The van der Waals surface area contributed by atoms with Crippen molar-refractivity contribution in [2.75, 3.05) is 11.9 Å². The Bertz CT molecular complexity index is 739. The standard InChI is InChI=1S/C18H26N6O/c1-11-16(12(2)21-20-11)13-7-6-10-24(13)17(25)19-15-9-8-14(22-23-15)18(3,4)5/h8-9,13H,6-7,10H2,1-5H3,(H,20,21)(H,19,23,25). The van der Waals surface area contributed by atoms with Crippen LogP contribution in [0.3, 0.4) is 0 Å². The topological polar surface area (TPSA) is 86.8 Å². The average Bonchev–Trinajstić information content (AvgIpc) is 3.13. The number of H-pyrrole nitrogens is 1. The molecular formula is C18H26N6O. The molecule has 3 heterocycles. The largest absolute Gasteiger partial charge is 0.323 e. The van der Waals surface area contributed by atoms with E-state index in [1.165, 1.54) is 0 Å². The molecule has 2 aromatic rings. The fourth-order valence-corrected chi connectivity index (χ4v) is 3.34. The molecule has 7 nitrogen and oxygen atoms in total. The number of amides is 2. The van der Waals surface area contributed by atoms with Crippen LogP contribution in [0.1, 0.15) is 62.3 Å². The highest BCUT2D eigenvalue weighted by Crippen LogP contribution is 2.35. The summed E-state index contributed by atoms with van der Waals surface area (Å²) in [4.78, 5) is 14.6. The van der Waals surface area contributed by atoms with Gasteiger partial charge in [0.2, 0.25) is 0 Å². The lowest BCUT2D eigenvalue weighted by molar-refractivity contribution is 0.206. The summed E-state index contributed by atoms with van der Waals surface area (Å²) >= 11 is 0. The monoisotopic (exact) mass is 342 g/mol. The van der Waals surface area contributed by atoms with E-state index in [2.05, 4.69) is 46.5 Å². The maximum absolute atomic E-state index is 12.7. The molecule has 3 rings (SSSR count). The van der Waals surface area contributed by atoms with E-state index in [4.69, 9.17) is 0 Å². The van der Waals surface area contributed by atoms with Crippen molar-refractivity contribution in [2.45, 2.75) is 58.9 Å². The van der Waals surface area contributed by atoms with Gasteiger partial charge in [-0.05, 0) is 38.8 Å². The summed E-state index contributed by atoms with van der Waals surface area (Å²) in [6.45, 7) is 11.0. The summed E-state index contributed by atoms with van der Waals surface area (Å²) in [6.07, 6.45) is 1.93. The molecule has 1 fully saturated rings. The number of aromatic nitrogens is 4. The Balaban J connectivity index is 1.74. The zero-order chi connectivity index (χ0) is 18.2. The molecular weight excluding hydrogens is 316 g/mol. The molecule has 0 aliphatic carbocycles. The number of hydrogen-bond donors (Lipinski definition) is 2. The zero-order valence-corrected chi connectivity index (χ0v) is 15.6. The molecule has 2 N–H and O–H groups in total. The van der Waals surface area contributed by atoms with E-state index in [0.717, 1.165) is 42.0 Å². The molecule has 25 heavy (non-hydrogen) atoms. The first kappa shape index (κ1) is 17.4. The highest BCUT2D eigenvalue weighted by atomic mass is 16.2. The van der Waals surface area contributed by atoms with Gasteiger partial charge in [-0.25, -0.2) is 4.79 Å². The van der Waals surface area contributed by atoms with Crippen LogP contribution in [0.5, 0.6) is 0 Å². The molecule has 2 aromatic heterocycles. The predicted octanol–water partition coefficient (Wildman–Crippen LogP) is 3.48. The molecule has 1 aliphatic rings. The minimum Gasteiger partial charge on any atom is -0.317 e. The van der Waals surface area contributed by atoms with Gasteiger partial charge in [0.05, 0.1) is 17.4 Å². The zero-order valence-electron chi connectivity index (χ0n) is 15.6. The number of likely N-dealkylation sites (tertiary alicyclic amines) is 1. The van der Waals surface area contributed by atoms with Crippen LogP contribution in [0.15, 0.2) is 12.1 Å². The first-order valence-corrected chi connectivity index (χ1v) is 8.70. The smallest absolute Gasteiger partial charge is 0.317 e. The van der Waals surface area contributed by atoms with Gasteiger partial charge in [-0.2, -0.15) is 10.2 Å².